The monoisotopic (exact) mass is 300 g/mol. The average Bonchev–Trinajstić information content (AvgIpc) is 3.10. The largest absolute Gasteiger partial charge is 0.341 e. The summed E-state index contributed by atoms with van der Waals surface area (Å²) in [6, 6.07) is 7.53. The number of aromatic amines is 1. The van der Waals surface area contributed by atoms with Crippen LogP contribution in [0.2, 0.25) is 0 Å². The molecule has 0 aliphatic carbocycles. The van der Waals surface area contributed by atoms with Crippen LogP contribution in [0.15, 0.2) is 29.6 Å². The van der Waals surface area contributed by atoms with E-state index in [4.69, 9.17) is 0 Å². The maximum absolute atomic E-state index is 12.5. The van der Waals surface area contributed by atoms with Crippen molar-refractivity contribution in [2.45, 2.75) is 26.3 Å². The molecule has 0 fully saturated rings. The molecule has 0 aliphatic rings. The molecule has 2 heterocycles. The maximum atomic E-state index is 12.5. The quantitative estimate of drug-likeness (QED) is 0.777. The first kappa shape index (κ1) is 13.8. The standard InChI is InChI=1S/C15H16N4OS/c1-3-11(15-16-9(2)8-21-15)17-14(20)13-10-6-4-5-7-12(10)18-19-13/h4-8,11H,3H2,1-2H3,(H,17,20)(H,18,19). The van der Waals surface area contributed by atoms with Crippen LogP contribution in [0.3, 0.4) is 0 Å². The van der Waals surface area contributed by atoms with Gasteiger partial charge in [-0.1, -0.05) is 25.1 Å². The highest BCUT2D eigenvalue weighted by Gasteiger charge is 2.20. The highest BCUT2D eigenvalue weighted by atomic mass is 32.1. The van der Waals surface area contributed by atoms with E-state index in [-0.39, 0.29) is 11.9 Å². The van der Waals surface area contributed by atoms with Gasteiger partial charge in [0.15, 0.2) is 5.69 Å². The van der Waals surface area contributed by atoms with Gasteiger partial charge in [-0.05, 0) is 19.4 Å². The van der Waals surface area contributed by atoms with Gasteiger partial charge < -0.3 is 5.32 Å². The second kappa shape index (κ2) is 5.65. The van der Waals surface area contributed by atoms with Crippen LogP contribution in [-0.2, 0) is 0 Å². The highest BCUT2D eigenvalue weighted by molar-refractivity contribution is 7.09. The molecule has 21 heavy (non-hydrogen) atoms. The van der Waals surface area contributed by atoms with Gasteiger partial charge in [-0.15, -0.1) is 11.3 Å². The third kappa shape index (κ3) is 2.67. The molecule has 0 radical (unpaired) electrons. The summed E-state index contributed by atoms with van der Waals surface area (Å²) in [6.07, 6.45) is 0.793. The summed E-state index contributed by atoms with van der Waals surface area (Å²) in [7, 11) is 0. The van der Waals surface area contributed by atoms with Gasteiger partial charge in [0.25, 0.3) is 5.91 Å². The van der Waals surface area contributed by atoms with Crippen molar-refractivity contribution < 1.29 is 4.79 Å². The molecule has 108 valence electrons. The molecular formula is C15H16N4OS. The van der Waals surface area contributed by atoms with E-state index in [1.54, 1.807) is 11.3 Å². The van der Waals surface area contributed by atoms with E-state index < -0.39 is 0 Å². The summed E-state index contributed by atoms with van der Waals surface area (Å²) in [5.74, 6) is -0.174. The normalized spacial score (nSPS) is 12.5. The van der Waals surface area contributed by atoms with E-state index in [2.05, 4.69) is 20.5 Å². The van der Waals surface area contributed by atoms with Crippen LogP contribution >= 0.6 is 11.3 Å². The molecule has 2 N–H and O–H groups in total. The van der Waals surface area contributed by atoms with Crippen molar-refractivity contribution >= 4 is 28.1 Å². The van der Waals surface area contributed by atoms with Gasteiger partial charge >= 0.3 is 0 Å². The lowest BCUT2D eigenvalue weighted by molar-refractivity contribution is 0.0932. The Kier molecular flexibility index (Phi) is 3.70. The predicted molar refractivity (Wildman–Crippen MR) is 83.4 cm³/mol. The van der Waals surface area contributed by atoms with E-state index in [0.717, 1.165) is 28.0 Å². The number of aromatic nitrogens is 3. The molecule has 2 aromatic heterocycles. The molecule has 0 saturated heterocycles. The van der Waals surface area contributed by atoms with Gasteiger partial charge in [0.1, 0.15) is 5.01 Å². The highest BCUT2D eigenvalue weighted by Crippen LogP contribution is 2.22. The van der Waals surface area contributed by atoms with Crippen LogP contribution in [0, 0.1) is 6.92 Å². The molecule has 1 aromatic carbocycles. The number of amides is 1. The first-order valence-electron chi connectivity index (χ1n) is 6.85. The number of rotatable bonds is 4. The number of hydrogen-bond donors (Lipinski definition) is 2. The number of hydrogen-bond acceptors (Lipinski definition) is 4. The third-order valence-electron chi connectivity index (χ3n) is 3.33. The minimum Gasteiger partial charge on any atom is -0.341 e. The summed E-state index contributed by atoms with van der Waals surface area (Å²) in [4.78, 5) is 16.9. The summed E-state index contributed by atoms with van der Waals surface area (Å²) in [5, 5.41) is 13.8. The molecule has 3 aromatic rings. The minimum absolute atomic E-state index is 0.0772. The van der Waals surface area contributed by atoms with Crippen LogP contribution < -0.4 is 5.32 Å². The number of thiazole rings is 1. The molecule has 0 spiro atoms. The molecule has 0 aliphatic heterocycles. The Morgan fingerprint density at radius 2 is 2.24 bits per heavy atom. The molecule has 0 saturated carbocycles. The van der Waals surface area contributed by atoms with E-state index in [1.165, 1.54) is 0 Å². The number of fused-ring (bicyclic) bond motifs is 1. The number of H-pyrrole nitrogens is 1. The molecule has 1 amide bonds. The zero-order chi connectivity index (χ0) is 14.8. The van der Waals surface area contributed by atoms with Crippen molar-refractivity contribution in [3.63, 3.8) is 0 Å². The van der Waals surface area contributed by atoms with Gasteiger partial charge in [0.05, 0.1) is 11.6 Å². The fourth-order valence-corrected chi connectivity index (χ4v) is 3.16. The van der Waals surface area contributed by atoms with Crippen LogP contribution in [0.25, 0.3) is 10.9 Å². The van der Waals surface area contributed by atoms with E-state index in [1.807, 2.05) is 43.5 Å². The first-order chi connectivity index (χ1) is 10.2. The number of nitrogens with zero attached hydrogens (tertiary/aromatic N) is 2. The van der Waals surface area contributed by atoms with Gasteiger partial charge in [0, 0.05) is 16.5 Å². The summed E-state index contributed by atoms with van der Waals surface area (Å²) in [6.45, 7) is 3.99. The number of aryl methyl sites for hydroxylation is 1. The van der Waals surface area contributed by atoms with Crippen LogP contribution in [0.5, 0.6) is 0 Å². The van der Waals surface area contributed by atoms with Crippen molar-refractivity contribution in [2.75, 3.05) is 0 Å². The molecule has 1 unspecified atom stereocenters. The van der Waals surface area contributed by atoms with Gasteiger partial charge in [-0.3, -0.25) is 9.89 Å². The third-order valence-corrected chi connectivity index (χ3v) is 4.41. The van der Waals surface area contributed by atoms with Crippen LogP contribution in [0.4, 0.5) is 0 Å². The van der Waals surface area contributed by atoms with E-state index in [9.17, 15) is 4.79 Å². The molecule has 5 nitrogen and oxygen atoms in total. The van der Waals surface area contributed by atoms with Crippen molar-refractivity contribution in [1.29, 1.82) is 0 Å². The number of benzene rings is 1. The SMILES string of the molecule is CCC(NC(=O)c1n[nH]c2ccccc12)c1nc(C)cs1. The van der Waals surface area contributed by atoms with Crippen LogP contribution in [0.1, 0.15) is 40.6 Å². The van der Waals surface area contributed by atoms with Crippen LogP contribution in [-0.4, -0.2) is 21.1 Å². The Balaban J connectivity index is 1.85. The van der Waals surface area contributed by atoms with Gasteiger partial charge in [0.2, 0.25) is 0 Å². The lowest BCUT2D eigenvalue weighted by Crippen LogP contribution is -2.28. The Morgan fingerprint density at radius 3 is 2.95 bits per heavy atom. The average molecular weight is 300 g/mol. The second-order valence-electron chi connectivity index (χ2n) is 4.88. The molecule has 6 heteroatoms. The number of carbonyl (C=O) groups is 1. The van der Waals surface area contributed by atoms with Gasteiger partial charge in [-0.25, -0.2) is 4.98 Å². The molecule has 1 atom stereocenters. The lowest BCUT2D eigenvalue weighted by Gasteiger charge is -2.13. The Hall–Kier alpha value is -2.21. The fraction of sp³-hybridized carbons (Fsp3) is 0.267. The number of carbonyl (C=O) groups excluding carboxylic acids is 1. The topological polar surface area (TPSA) is 70.7 Å². The zero-order valence-electron chi connectivity index (χ0n) is 11.9. The van der Waals surface area contributed by atoms with Gasteiger partial charge in [-0.2, -0.15) is 5.10 Å². The lowest BCUT2D eigenvalue weighted by atomic mass is 10.2. The molecule has 0 bridgehead atoms. The maximum Gasteiger partial charge on any atom is 0.272 e. The van der Waals surface area contributed by atoms with E-state index >= 15 is 0 Å². The minimum atomic E-state index is -0.174. The smallest absolute Gasteiger partial charge is 0.272 e. The summed E-state index contributed by atoms with van der Waals surface area (Å²) in [5.41, 5.74) is 2.27. The van der Waals surface area contributed by atoms with Crippen molar-refractivity contribution in [1.82, 2.24) is 20.5 Å². The Bertz CT molecular complexity index is 777. The van der Waals surface area contributed by atoms with Crippen molar-refractivity contribution in [2.24, 2.45) is 0 Å². The van der Waals surface area contributed by atoms with E-state index in [0.29, 0.717) is 5.69 Å². The number of nitrogens with one attached hydrogen (secondary N) is 2. The number of para-hydroxylation sites is 1. The van der Waals surface area contributed by atoms with Crippen molar-refractivity contribution in [3.05, 3.63) is 46.0 Å². The second-order valence-corrected chi connectivity index (χ2v) is 5.77. The summed E-state index contributed by atoms with van der Waals surface area (Å²) >= 11 is 1.57. The zero-order valence-corrected chi connectivity index (χ0v) is 12.7. The Morgan fingerprint density at radius 1 is 1.43 bits per heavy atom. The Labute approximate surface area is 126 Å². The molecule has 3 rings (SSSR count). The molecular weight excluding hydrogens is 284 g/mol. The van der Waals surface area contributed by atoms with Crippen molar-refractivity contribution in [3.8, 4) is 0 Å². The first-order valence-corrected chi connectivity index (χ1v) is 7.73. The fourth-order valence-electron chi connectivity index (χ4n) is 2.23. The predicted octanol–water partition coefficient (Wildman–Crippen LogP) is 3.21. The summed E-state index contributed by atoms with van der Waals surface area (Å²) < 4.78 is 0.